The number of carbonyl (C=O) groups is 3. The smallest absolute Gasteiger partial charge is 0.255 e. The summed E-state index contributed by atoms with van der Waals surface area (Å²) in [4.78, 5) is 38.3. The van der Waals surface area contributed by atoms with E-state index in [1.165, 1.54) is 11.8 Å². The molecule has 1 aliphatic heterocycles. The SMILES string of the molecule is CC(C)[C@H](F)C(=O)N[C@@H](C)C(=O)NC1C=C(c2ccccc2)C=CN(C)C1=O. The van der Waals surface area contributed by atoms with Crippen LogP contribution in [0.5, 0.6) is 0 Å². The second kappa shape index (κ2) is 9.30. The molecule has 0 aliphatic carbocycles. The van der Waals surface area contributed by atoms with Crippen molar-refractivity contribution in [2.24, 2.45) is 5.92 Å². The Morgan fingerprint density at radius 3 is 2.36 bits per heavy atom. The fraction of sp³-hybridized carbons (Fsp3) is 0.381. The van der Waals surface area contributed by atoms with Crippen molar-refractivity contribution in [1.29, 1.82) is 0 Å². The number of benzene rings is 1. The number of amides is 3. The molecule has 1 aromatic rings. The molecule has 1 unspecified atom stereocenters. The second-order valence-corrected chi connectivity index (χ2v) is 7.12. The van der Waals surface area contributed by atoms with Gasteiger partial charge in [0.25, 0.3) is 11.8 Å². The molecule has 0 saturated carbocycles. The molecule has 0 bridgehead atoms. The summed E-state index contributed by atoms with van der Waals surface area (Å²) >= 11 is 0. The van der Waals surface area contributed by atoms with Gasteiger partial charge < -0.3 is 15.5 Å². The van der Waals surface area contributed by atoms with Crippen LogP contribution in [-0.2, 0) is 14.4 Å². The Balaban J connectivity index is 2.14. The van der Waals surface area contributed by atoms with E-state index in [2.05, 4.69) is 10.6 Å². The molecule has 28 heavy (non-hydrogen) atoms. The molecule has 1 aromatic carbocycles. The van der Waals surface area contributed by atoms with Gasteiger partial charge >= 0.3 is 0 Å². The number of likely N-dealkylation sites (N-methyl/N-ethyl adjacent to an activating group) is 1. The molecule has 0 fully saturated rings. The zero-order valence-electron chi connectivity index (χ0n) is 16.5. The first-order chi connectivity index (χ1) is 13.2. The quantitative estimate of drug-likeness (QED) is 0.784. The van der Waals surface area contributed by atoms with Gasteiger partial charge in [0.05, 0.1) is 0 Å². The molecule has 2 N–H and O–H groups in total. The highest BCUT2D eigenvalue weighted by Gasteiger charge is 2.28. The van der Waals surface area contributed by atoms with Crippen LogP contribution in [0.3, 0.4) is 0 Å². The van der Waals surface area contributed by atoms with Crippen LogP contribution in [-0.4, -0.2) is 47.9 Å². The molecule has 0 aromatic heterocycles. The van der Waals surface area contributed by atoms with Crippen LogP contribution < -0.4 is 10.6 Å². The normalized spacial score (nSPS) is 18.9. The number of alkyl halides is 1. The Labute approximate surface area is 164 Å². The Hall–Kier alpha value is -2.96. The molecule has 3 atom stereocenters. The standard InChI is InChI=1S/C21H26FN3O3/c1-13(2)18(22)20(27)23-14(3)19(26)24-17-12-16(10-11-25(4)21(17)28)15-8-6-5-7-9-15/h5-14,17-18H,1-4H3,(H,23,27)(H,24,26)/t14-,17?,18-/m0/s1. The summed E-state index contributed by atoms with van der Waals surface area (Å²) in [6.07, 6.45) is 3.39. The van der Waals surface area contributed by atoms with E-state index in [-0.39, 0.29) is 5.91 Å². The maximum atomic E-state index is 13.8. The van der Waals surface area contributed by atoms with Gasteiger partial charge in [0.1, 0.15) is 12.1 Å². The molecule has 0 spiro atoms. The highest BCUT2D eigenvalue weighted by molar-refractivity contribution is 5.96. The zero-order valence-corrected chi connectivity index (χ0v) is 16.5. The molecule has 150 valence electrons. The second-order valence-electron chi connectivity index (χ2n) is 7.12. The molecule has 2 rings (SSSR count). The largest absolute Gasteiger partial charge is 0.342 e. The fourth-order valence-electron chi connectivity index (χ4n) is 2.66. The summed E-state index contributed by atoms with van der Waals surface area (Å²) < 4.78 is 13.8. The number of nitrogens with zero attached hydrogens (tertiary/aromatic N) is 1. The maximum absolute atomic E-state index is 13.8. The summed E-state index contributed by atoms with van der Waals surface area (Å²) in [6.45, 7) is 4.61. The van der Waals surface area contributed by atoms with Gasteiger partial charge in [0, 0.05) is 13.2 Å². The molecule has 7 heteroatoms. The Bertz CT molecular complexity index is 789. The van der Waals surface area contributed by atoms with Crippen LogP contribution >= 0.6 is 0 Å². The van der Waals surface area contributed by atoms with Crippen LogP contribution in [0.25, 0.3) is 5.57 Å². The van der Waals surface area contributed by atoms with Gasteiger partial charge in [-0.25, -0.2) is 4.39 Å². The lowest BCUT2D eigenvalue weighted by Gasteiger charge is -2.22. The Morgan fingerprint density at radius 2 is 1.75 bits per heavy atom. The van der Waals surface area contributed by atoms with Crippen molar-refractivity contribution >= 4 is 23.3 Å². The average Bonchev–Trinajstić information content (AvgIpc) is 2.81. The van der Waals surface area contributed by atoms with Crippen molar-refractivity contribution in [3.8, 4) is 0 Å². The number of halogens is 1. The molecule has 1 heterocycles. The van der Waals surface area contributed by atoms with E-state index in [0.29, 0.717) is 0 Å². The number of hydrogen-bond donors (Lipinski definition) is 2. The van der Waals surface area contributed by atoms with Crippen molar-refractivity contribution in [3.63, 3.8) is 0 Å². The van der Waals surface area contributed by atoms with Gasteiger partial charge in [0.2, 0.25) is 5.91 Å². The zero-order chi connectivity index (χ0) is 20.8. The third-order valence-corrected chi connectivity index (χ3v) is 4.43. The number of nitrogens with one attached hydrogen (secondary N) is 2. The summed E-state index contributed by atoms with van der Waals surface area (Å²) in [5.41, 5.74) is 1.68. The molecule has 0 radical (unpaired) electrons. The number of carbonyl (C=O) groups excluding carboxylic acids is 3. The summed E-state index contributed by atoms with van der Waals surface area (Å²) in [5, 5.41) is 4.98. The first-order valence-corrected chi connectivity index (χ1v) is 9.17. The topological polar surface area (TPSA) is 78.5 Å². The minimum absolute atomic E-state index is 0.320. The minimum Gasteiger partial charge on any atom is -0.342 e. The number of hydrogen-bond acceptors (Lipinski definition) is 3. The van der Waals surface area contributed by atoms with Crippen molar-refractivity contribution in [2.45, 2.75) is 39.0 Å². The lowest BCUT2D eigenvalue weighted by Crippen LogP contribution is -2.53. The molecular formula is C21H26FN3O3. The highest BCUT2D eigenvalue weighted by Crippen LogP contribution is 2.19. The van der Waals surface area contributed by atoms with Crippen molar-refractivity contribution in [1.82, 2.24) is 15.5 Å². The molecule has 0 saturated heterocycles. The lowest BCUT2D eigenvalue weighted by molar-refractivity contribution is -0.134. The predicted molar refractivity (Wildman–Crippen MR) is 106 cm³/mol. The molecule has 1 aliphatic rings. The van der Waals surface area contributed by atoms with Crippen LogP contribution in [0.15, 0.2) is 48.7 Å². The van der Waals surface area contributed by atoms with Gasteiger partial charge in [-0.15, -0.1) is 0 Å². The highest BCUT2D eigenvalue weighted by atomic mass is 19.1. The first-order valence-electron chi connectivity index (χ1n) is 9.17. The van der Waals surface area contributed by atoms with Gasteiger partial charge in [0.15, 0.2) is 6.17 Å². The summed E-state index contributed by atoms with van der Waals surface area (Å²) in [7, 11) is 1.60. The van der Waals surface area contributed by atoms with E-state index in [4.69, 9.17) is 0 Å². The van der Waals surface area contributed by atoms with Crippen molar-refractivity contribution in [3.05, 3.63) is 54.2 Å². The van der Waals surface area contributed by atoms with E-state index >= 15 is 0 Å². The lowest BCUT2D eigenvalue weighted by atomic mass is 10.0. The van der Waals surface area contributed by atoms with Crippen molar-refractivity contribution < 1.29 is 18.8 Å². The van der Waals surface area contributed by atoms with Crippen LogP contribution in [0.2, 0.25) is 0 Å². The van der Waals surface area contributed by atoms with Crippen LogP contribution in [0.1, 0.15) is 26.3 Å². The van der Waals surface area contributed by atoms with E-state index in [0.717, 1.165) is 11.1 Å². The molecule has 3 amide bonds. The average molecular weight is 387 g/mol. The van der Waals surface area contributed by atoms with Crippen molar-refractivity contribution in [2.75, 3.05) is 7.05 Å². The van der Waals surface area contributed by atoms with Gasteiger partial charge in [-0.1, -0.05) is 44.2 Å². The van der Waals surface area contributed by atoms with Gasteiger partial charge in [-0.2, -0.15) is 0 Å². The molecule has 6 nitrogen and oxygen atoms in total. The Kier molecular flexibility index (Phi) is 7.09. The maximum Gasteiger partial charge on any atom is 0.255 e. The summed E-state index contributed by atoms with van der Waals surface area (Å²) in [5.74, 6) is -2.22. The third-order valence-electron chi connectivity index (χ3n) is 4.43. The van der Waals surface area contributed by atoms with Gasteiger partial charge in [-0.05, 0) is 36.1 Å². The third kappa shape index (κ3) is 5.28. The summed E-state index contributed by atoms with van der Waals surface area (Å²) in [6, 6.07) is 7.57. The Morgan fingerprint density at radius 1 is 1.11 bits per heavy atom. The fourth-order valence-corrected chi connectivity index (χ4v) is 2.66. The van der Waals surface area contributed by atoms with E-state index < -0.39 is 36.0 Å². The predicted octanol–water partition coefficient (Wildman–Crippen LogP) is 2.04. The van der Waals surface area contributed by atoms with Crippen LogP contribution in [0, 0.1) is 5.92 Å². The van der Waals surface area contributed by atoms with E-state index in [9.17, 15) is 18.8 Å². The van der Waals surface area contributed by atoms with E-state index in [1.807, 2.05) is 30.3 Å². The van der Waals surface area contributed by atoms with E-state index in [1.54, 1.807) is 39.2 Å². The van der Waals surface area contributed by atoms with Crippen LogP contribution in [0.4, 0.5) is 4.39 Å². The molecular weight excluding hydrogens is 361 g/mol. The first kappa shape index (κ1) is 21.3. The van der Waals surface area contributed by atoms with Gasteiger partial charge in [-0.3, -0.25) is 14.4 Å². The monoisotopic (exact) mass is 387 g/mol. The number of allylic oxidation sites excluding steroid dienone is 2. The number of rotatable bonds is 6. The minimum atomic E-state index is -1.70.